The van der Waals surface area contributed by atoms with Crippen molar-refractivity contribution >= 4 is 40.7 Å². The summed E-state index contributed by atoms with van der Waals surface area (Å²) in [6.07, 6.45) is 1.15. The van der Waals surface area contributed by atoms with E-state index < -0.39 is 29.4 Å². The van der Waals surface area contributed by atoms with Crippen molar-refractivity contribution in [3.63, 3.8) is 0 Å². The summed E-state index contributed by atoms with van der Waals surface area (Å²) in [6, 6.07) is 3.42. The van der Waals surface area contributed by atoms with Crippen LogP contribution in [0.5, 0.6) is 0 Å². The summed E-state index contributed by atoms with van der Waals surface area (Å²) in [7, 11) is 0. The van der Waals surface area contributed by atoms with Crippen molar-refractivity contribution in [3.8, 4) is 0 Å². The highest BCUT2D eigenvalue weighted by atomic mass is 19.4. The smallest absolute Gasteiger partial charge is 0.382 e. The number of para-hydroxylation sites is 1. The van der Waals surface area contributed by atoms with Crippen LogP contribution >= 0.6 is 0 Å². The molecule has 204 valence electrons. The zero-order chi connectivity index (χ0) is 27.9. The van der Waals surface area contributed by atoms with E-state index in [1.165, 1.54) is 29.3 Å². The van der Waals surface area contributed by atoms with Crippen LogP contribution in [0.1, 0.15) is 30.3 Å². The van der Waals surface area contributed by atoms with E-state index in [0.717, 1.165) is 23.5 Å². The zero-order valence-corrected chi connectivity index (χ0v) is 20.7. The zero-order valence-electron chi connectivity index (χ0n) is 20.7. The number of carbonyl (C=O) groups excluding carboxylic acids is 3. The lowest BCUT2D eigenvalue weighted by molar-refractivity contribution is -0.137. The molecule has 2 aromatic heterocycles. The number of nitrogens with two attached hydrogens (primary N) is 1. The van der Waals surface area contributed by atoms with Gasteiger partial charge in [0.2, 0.25) is 11.8 Å². The molecule has 0 spiro atoms. The van der Waals surface area contributed by atoms with Gasteiger partial charge in [-0.05, 0) is 31.1 Å². The molecule has 0 saturated carbocycles. The molecule has 2 aliphatic heterocycles. The number of urea groups is 1. The second-order valence-electron chi connectivity index (χ2n) is 9.16. The number of imidazole rings is 1. The highest BCUT2D eigenvalue weighted by molar-refractivity contribution is 6.03. The van der Waals surface area contributed by atoms with E-state index >= 15 is 0 Å². The minimum absolute atomic E-state index is 0.0214. The van der Waals surface area contributed by atoms with Gasteiger partial charge in [0.05, 0.1) is 17.3 Å². The molecular formula is C25H25F3N8O3. The predicted molar refractivity (Wildman–Crippen MR) is 136 cm³/mol. The molecule has 3 N–H and O–H groups in total. The Morgan fingerprint density at radius 3 is 2.67 bits per heavy atom. The van der Waals surface area contributed by atoms with Crippen LogP contribution in [0, 0.1) is 0 Å². The first-order valence-electron chi connectivity index (χ1n) is 12.2. The van der Waals surface area contributed by atoms with Crippen LogP contribution in [0.25, 0.3) is 5.52 Å². The van der Waals surface area contributed by atoms with Gasteiger partial charge in [-0.3, -0.25) is 18.9 Å². The van der Waals surface area contributed by atoms with Crippen LogP contribution in [0.15, 0.2) is 49.3 Å². The first kappa shape index (κ1) is 26.0. The molecule has 39 heavy (non-hydrogen) atoms. The number of rotatable bonds is 4. The van der Waals surface area contributed by atoms with Crippen LogP contribution in [0.2, 0.25) is 0 Å². The molecule has 14 heteroatoms. The first-order chi connectivity index (χ1) is 18.6. The first-order valence-corrected chi connectivity index (χ1v) is 12.2. The number of nitrogens with one attached hydrogen (secondary N) is 1. The number of hydrogen-bond donors (Lipinski definition) is 2. The second kappa shape index (κ2) is 9.93. The van der Waals surface area contributed by atoms with Gasteiger partial charge in [0, 0.05) is 32.0 Å². The SMILES string of the molecule is C=CC(=O)N1CCCC1c1nc(N2CCN(C(=O)Nc3ccccc3C(F)(F)F)CC2=O)c2c(N)nccn12. The number of likely N-dealkylation sites (tertiary alicyclic amines) is 1. The van der Waals surface area contributed by atoms with Gasteiger partial charge >= 0.3 is 12.2 Å². The number of piperazine rings is 1. The number of anilines is 3. The lowest BCUT2D eigenvalue weighted by Gasteiger charge is -2.33. The Morgan fingerprint density at radius 1 is 1.18 bits per heavy atom. The fourth-order valence-corrected chi connectivity index (χ4v) is 5.01. The number of aromatic nitrogens is 3. The normalized spacial score (nSPS) is 18.1. The summed E-state index contributed by atoms with van der Waals surface area (Å²) in [5.41, 5.74) is 5.18. The number of amides is 4. The van der Waals surface area contributed by atoms with E-state index in [9.17, 15) is 27.6 Å². The lowest BCUT2D eigenvalue weighted by Crippen LogP contribution is -2.53. The number of hydrogen-bond acceptors (Lipinski definition) is 6. The number of nitrogen functional groups attached to an aromatic ring is 1. The Morgan fingerprint density at radius 2 is 1.95 bits per heavy atom. The minimum Gasteiger partial charge on any atom is -0.382 e. The van der Waals surface area contributed by atoms with Crippen LogP contribution < -0.4 is 16.0 Å². The molecule has 2 fully saturated rings. The van der Waals surface area contributed by atoms with Gasteiger partial charge in [-0.25, -0.2) is 14.8 Å². The Balaban J connectivity index is 1.40. The molecule has 3 aromatic rings. The van der Waals surface area contributed by atoms with Crippen molar-refractivity contribution in [2.45, 2.75) is 25.1 Å². The minimum atomic E-state index is -4.66. The third-order valence-electron chi connectivity index (χ3n) is 6.84. The number of alkyl halides is 3. The number of fused-ring (bicyclic) bond motifs is 1. The van der Waals surface area contributed by atoms with Crippen LogP contribution in [0.3, 0.4) is 0 Å². The van der Waals surface area contributed by atoms with E-state index in [-0.39, 0.29) is 43.2 Å². The molecule has 11 nitrogen and oxygen atoms in total. The highest BCUT2D eigenvalue weighted by Crippen LogP contribution is 2.37. The Kier molecular flexibility index (Phi) is 6.62. The van der Waals surface area contributed by atoms with Gasteiger partial charge in [-0.1, -0.05) is 18.7 Å². The van der Waals surface area contributed by atoms with Crippen molar-refractivity contribution in [2.24, 2.45) is 0 Å². The Hall–Kier alpha value is -4.62. The van der Waals surface area contributed by atoms with E-state index in [4.69, 9.17) is 10.7 Å². The second-order valence-corrected chi connectivity index (χ2v) is 9.16. The van der Waals surface area contributed by atoms with Crippen molar-refractivity contribution in [3.05, 3.63) is 60.7 Å². The largest absolute Gasteiger partial charge is 0.418 e. The molecular weight excluding hydrogens is 517 g/mol. The molecule has 0 radical (unpaired) electrons. The molecule has 1 unspecified atom stereocenters. The molecule has 1 aromatic carbocycles. The van der Waals surface area contributed by atoms with Gasteiger partial charge in [0.25, 0.3) is 0 Å². The molecule has 1 atom stereocenters. The Bertz CT molecular complexity index is 1470. The van der Waals surface area contributed by atoms with Crippen LogP contribution in [-0.4, -0.2) is 68.2 Å². The summed E-state index contributed by atoms with van der Waals surface area (Å²) < 4.78 is 41.7. The molecule has 5 rings (SSSR count). The molecule has 0 aliphatic carbocycles. The van der Waals surface area contributed by atoms with E-state index in [0.29, 0.717) is 24.3 Å². The maximum atomic E-state index is 13.3. The van der Waals surface area contributed by atoms with Crippen molar-refractivity contribution in [1.82, 2.24) is 24.2 Å². The predicted octanol–water partition coefficient (Wildman–Crippen LogP) is 3.06. The molecule has 2 saturated heterocycles. The summed E-state index contributed by atoms with van der Waals surface area (Å²) >= 11 is 0. The molecule has 4 heterocycles. The molecule has 0 bridgehead atoms. The number of carbonyl (C=O) groups is 3. The van der Waals surface area contributed by atoms with Gasteiger partial charge < -0.3 is 20.9 Å². The van der Waals surface area contributed by atoms with Gasteiger partial charge in [-0.2, -0.15) is 13.2 Å². The lowest BCUT2D eigenvalue weighted by atomic mass is 10.1. The van der Waals surface area contributed by atoms with Crippen LogP contribution in [0.4, 0.5) is 35.3 Å². The van der Waals surface area contributed by atoms with Gasteiger partial charge in [0.1, 0.15) is 17.9 Å². The maximum Gasteiger partial charge on any atom is 0.418 e. The average Bonchev–Trinajstić information content (AvgIpc) is 3.53. The third-order valence-corrected chi connectivity index (χ3v) is 6.84. The topological polar surface area (TPSA) is 129 Å². The number of benzene rings is 1. The van der Waals surface area contributed by atoms with E-state index in [2.05, 4.69) is 16.9 Å². The summed E-state index contributed by atoms with van der Waals surface area (Å²) in [4.78, 5) is 51.5. The fraction of sp³-hybridized carbons (Fsp3) is 0.320. The van der Waals surface area contributed by atoms with Gasteiger partial charge in [-0.15, -0.1) is 0 Å². The van der Waals surface area contributed by atoms with Crippen LogP contribution in [-0.2, 0) is 15.8 Å². The Labute approximate surface area is 220 Å². The van der Waals surface area contributed by atoms with E-state index in [1.807, 2.05) is 0 Å². The summed E-state index contributed by atoms with van der Waals surface area (Å²) in [6.45, 7) is 3.76. The van der Waals surface area contributed by atoms with Gasteiger partial charge in [0.15, 0.2) is 11.6 Å². The summed E-state index contributed by atoms with van der Waals surface area (Å²) in [5, 5.41) is 2.26. The summed E-state index contributed by atoms with van der Waals surface area (Å²) in [5.74, 6) is 0.142. The number of nitrogens with zero attached hydrogens (tertiary/aromatic N) is 6. The monoisotopic (exact) mass is 542 g/mol. The standard InChI is InChI=1S/C25H25F3N8O3/c1-2-18(37)34-10-5-8-17(34)22-32-23(20-21(29)30-9-11-36(20)22)35-13-12-33(14-19(35)38)24(39)31-16-7-4-3-6-15(16)25(26,27)28/h2-4,6-7,9,11,17H,1,5,8,10,12-14H2,(H2,29,30)(H,31,39). The average molecular weight is 543 g/mol. The molecule has 2 aliphatic rings. The quantitative estimate of drug-likeness (QED) is 0.488. The third kappa shape index (κ3) is 4.73. The van der Waals surface area contributed by atoms with Crippen molar-refractivity contribution in [1.29, 1.82) is 0 Å². The van der Waals surface area contributed by atoms with Crippen molar-refractivity contribution < 1.29 is 27.6 Å². The highest BCUT2D eigenvalue weighted by Gasteiger charge is 2.37. The maximum absolute atomic E-state index is 13.3. The number of halogens is 3. The van der Waals surface area contributed by atoms with Crippen molar-refractivity contribution in [2.75, 3.05) is 42.1 Å². The molecule has 4 amide bonds. The fourth-order valence-electron chi connectivity index (χ4n) is 5.01. The van der Waals surface area contributed by atoms with E-state index in [1.54, 1.807) is 15.5 Å².